The molecule has 0 heterocycles. The van der Waals surface area contributed by atoms with Crippen LogP contribution in [0.1, 0.15) is 96.3 Å². The van der Waals surface area contributed by atoms with Crippen molar-refractivity contribution in [2.75, 3.05) is 0 Å². The second kappa shape index (κ2) is 14.3. The molecule has 0 aromatic heterocycles. The van der Waals surface area contributed by atoms with Gasteiger partial charge in [-0.05, 0) is 0 Å². The summed E-state index contributed by atoms with van der Waals surface area (Å²) in [7, 11) is 0. The topological polar surface area (TPSA) is 0 Å². The molecular formula is C15H30Er. The largest absolute Gasteiger partial charge is 0.0533 e. The Morgan fingerprint density at radius 3 is 0.312 bits per heavy atom. The molecule has 3 aliphatic rings. The van der Waals surface area contributed by atoms with Crippen LogP contribution in [0.4, 0.5) is 0 Å². The number of hydrogen-bond donors (Lipinski definition) is 0. The van der Waals surface area contributed by atoms with E-state index in [4.69, 9.17) is 0 Å². The fourth-order valence-corrected chi connectivity index (χ4v) is 2.65. The van der Waals surface area contributed by atoms with Crippen molar-refractivity contribution in [1.29, 1.82) is 0 Å². The zero-order valence-electron chi connectivity index (χ0n) is 10.9. The molecule has 0 nitrogen and oxygen atoms in total. The Balaban J connectivity index is 0.000000205. The third kappa shape index (κ3) is 11.7. The van der Waals surface area contributed by atoms with Gasteiger partial charge in [0.1, 0.15) is 0 Å². The molecule has 0 N–H and O–H groups in total. The quantitative estimate of drug-likeness (QED) is 0.496. The fourth-order valence-electron chi connectivity index (χ4n) is 2.65. The van der Waals surface area contributed by atoms with E-state index in [9.17, 15) is 0 Å². The van der Waals surface area contributed by atoms with Gasteiger partial charge in [0, 0.05) is 37.3 Å². The summed E-state index contributed by atoms with van der Waals surface area (Å²) in [6.45, 7) is 0. The van der Waals surface area contributed by atoms with Crippen molar-refractivity contribution < 1.29 is 37.3 Å². The van der Waals surface area contributed by atoms with Gasteiger partial charge in [0.05, 0.1) is 0 Å². The molecule has 3 fully saturated rings. The molecule has 0 atom stereocenters. The molecule has 102 valence electrons. The summed E-state index contributed by atoms with van der Waals surface area (Å²) >= 11 is 0. The Morgan fingerprint density at radius 2 is 0.250 bits per heavy atom. The number of rotatable bonds is 0. The summed E-state index contributed by atoms with van der Waals surface area (Å²) in [4.78, 5) is 0. The van der Waals surface area contributed by atoms with Crippen LogP contribution in [0.15, 0.2) is 0 Å². The normalized spacial score (nSPS) is 22.5. The minimum atomic E-state index is 0. The van der Waals surface area contributed by atoms with Crippen LogP contribution in [0.5, 0.6) is 0 Å². The van der Waals surface area contributed by atoms with Gasteiger partial charge < -0.3 is 0 Å². The maximum Gasteiger partial charge on any atom is 0 e. The van der Waals surface area contributed by atoms with E-state index in [1.807, 2.05) is 0 Å². The Hall–Kier alpha value is 1.25. The first-order valence-electron chi connectivity index (χ1n) is 7.50. The van der Waals surface area contributed by atoms with Gasteiger partial charge in [0.2, 0.25) is 0 Å². The van der Waals surface area contributed by atoms with Crippen molar-refractivity contribution in [2.45, 2.75) is 96.3 Å². The summed E-state index contributed by atoms with van der Waals surface area (Å²) in [6, 6.07) is 0. The third-order valence-corrected chi connectivity index (χ3v) is 3.75. The second-order valence-electron chi connectivity index (χ2n) is 5.30. The van der Waals surface area contributed by atoms with Crippen LogP contribution in [0.3, 0.4) is 0 Å². The van der Waals surface area contributed by atoms with Crippen molar-refractivity contribution in [3.8, 4) is 0 Å². The average Bonchev–Trinajstić information content (AvgIpc) is 3.09. The van der Waals surface area contributed by atoms with Gasteiger partial charge in [-0.15, -0.1) is 0 Å². The van der Waals surface area contributed by atoms with Gasteiger partial charge in [0.25, 0.3) is 0 Å². The zero-order valence-corrected chi connectivity index (χ0v) is 12.7. The molecule has 0 aromatic rings. The smallest absolute Gasteiger partial charge is 0 e. The molecular weight excluding hydrogens is 347 g/mol. The van der Waals surface area contributed by atoms with E-state index in [-0.39, 0.29) is 37.3 Å². The van der Waals surface area contributed by atoms with Crippen molar-refractivity contribution in [3.05, 3.63) is 0 Å². The van der Waals surface area contributed by atoms with Gasteiger partial charge in [-0.2, -0.15) is 0 Å². The molecule has 0 radical (unpaired) electrons. The van der Waals surface area contributed by atoms with E-state index in [0.717, 1.165) is 0 Å². The summed E-state index contributed by atoms with van der Waals surface area (Å²) < 4.78 is 0. The van der Waals surface area contributed by atoms with Crippen molar-refractivity contribution in [1.82, 2.24) is 0 Å². The van der Waals surface area contributed by atoms with Crippen molar-refractivity contribution in [2.24, 2.45) is 0 Å². The minimum absolute atomic E-state index is 0. The van der Waals surface area contributed by atoms with Crippen LogP contribution in [0, 0.1) is 37.3 Å². The second-order valence-corrected chi connectivity index (χ2v) is 5.30. The maximum atomic E-state index is 1.50. The Morgan fingerprint density at radius 1 is 0.188 bits per heavy atom. The predicted molar refractivity (Wildman–Crippen MR) is 69.3 cm³/mol. The van der Waals surface area contributed by atoms with E-state index in [1.165, 1.54) is 96.3 Å². The molecule has 3 aliphatic carbocycles. The minimum Gasteiger partial charge on any atom is -0.0533 e. The first kappa shape index (κ1) is 17.2. The molecule has 16 heavy (non-hydrogen) atoms. The van der Waals surface area contributed by atoms with Crippen LogP contribution in [-0.4, -0.2) is 0 Å². The summed E-state index contributed by atoms with van der Waals surface area (Å²) in [5.41, 5.74) is 0. The molecule has 3 rings (SSSR count). The van der Waals surface area contributed by atoms with E-state index < -0.39 is 0 Å². The molecule has 0 amide bonds. The van der Waals surface area contributed by atoms with Gasteiger partial charge in [0.15, 0.2) is 0 Å². The standard InChI is InChI=1S/3C5H10.Er/c3*1-2-4-5-3-1;/h3*1-5H2;. The fraction of sp³-hybridized carbons (Fsp3) is 1.00. The SMILES string of the molecule is C1CCCC1.C1CCCC1.C1CCCC1.[Er]. The van der Waals surface area contributed by atoms with E-state index in [1.54, 1.807) is 0 Å². The Bertz CT molecular complexity index is 64.0. The van der Waals surface area contributed by atoms with E-state index >= 15 is 0 Å². The van der Waals surface area contributed by atoms with E-state index in [2.05, 4.69) is 0 Å². The van der Waals surface area contributed by atoms with E-state index in [0.29, 0.717) is 0 Å². The molecule has 3 saturated carbocycles. The van der Waals surface area contributed by atoms with Crippen LogP contribution in [0.25, 0.3) is 0 Å². The van der Waals surface area contributed by atoms with Gasteiger partial charge in [-0.25, -0.2) is 0 Å². The third-order valence-electron chi connectivity index (χ3n) is 3.75. The Labute approximate surface area is 133 Å². The average molecular weight is 378 g/mol. The first-order valence-corrected chi connectivity index (χ1v) is 7.50. The summed E-state index contributed by atoms with van der Waals surface area (Å²) in [5, 5.41) is 0. The summed E-state index contributed by atoms with van der Waals surface area (Å²) in [5.74, 6) is 0. The van der Waals surface area contributed by atoms with Gasteiger partial charge >= 0.3 is 0 Å². The molecule has 1 heteroatoms. The zero-order chi connectivity index (χ0) is 10.6. The maximum absolute atomic E-state index is 1.50. The Kier molecular flexibility index (Phi) is 15.4. The van der Waals surface area contributed by atoms with Gasteiger partial charge in [-0.3, -0.25) is 0 Å². The van der Waals surface area contributed by atoms with Crippen LogP contribution in [-0.2, 0) is 0 Å². The molecule has 0 aromatic carbocycles. The van der Waals surface area contributed by atoms with Crippen molar-refractivity contribution >= 4 is 0 Å². The van der Waals surface area contributed by atoms with Gasteiger partial charge in [-0.1, -0.05) is 96.3 Å². The first-order chi connectivity index (χ1) is 7.50. The summed E-state index contributed by atoms with van der Waals surface area (Å²) in [6.07, 6.45) is 22.5. The number of hydrogen-bond acceptors (Lipinski definition) is 0. The monoisotopic (exact) mass is 376 g/mol. The molecule has 0 bridgehead atoms. The molecule has 0 unspecified atom stereocenters. The molecule has 0 spiro atoms. The van der Waals surface area contributed by atoms with Crippen molar-refractivity contribution in [3.63, 3.8) is 0 Å². The molecule has 0 aliphatic heterocycles. The predicted octanol–water partition coefficient (Wildman–Crippen LogP) is 5.85. The molecule has 0 saturated heterocycles. The van der Waals surface area contributed by atoms with Crippen LogP contribution >= 0.6 is 0 Å². The van der Waals surface area contributed by atoms with Crippen LogP contribution < -0.4 is 0 Å². The van der Waals surface area contributed by atoms with Crippen LogP contribution in [0.2, 0.25) is 0 Å².